The molecule has 0 amide bonds. The maximum atomic E-state index is 5.86. The third kappa shape index (κ3) is 3.63. The fourth-order valence-electron chi connectivity index (χ4n) is 1.54. The molecule has 84 valence electrons. The molecule has 0 aliphatic carbocycles. The van der Waals surface area contributed by atoms with Crippen molar-refractivity contribution in [2.24, 2.45) is 0 Å². The third-order valence-corrected chi connectivity index (χ3v) is 3.59. The lowest BCUT2D eigenvalue weighted by Gasteiger charge is -2.03. The van der Waals surface area contributed by atoms with Gasteiger partial charge in [-0.15, -0.1) is 11.3 Å². The third-order valence-electron chi connectivity index (χ3n) is 2.36. The molecule has 1 heterocycles. The highest BCUT2D eigenvalue weighted by atomic mass is 35.5. The summed E-state index contributed by atoms with van der Waals surface area (Å²) in [5, 5.41) is 3.42. The molecule has 0 saturated heterocycles. The van der Waals surface area contributed by atoms with E-state index in [2.05, 4.69) is 35.6 Å². The first-order valence-electron chi connectivity index (χ1n) is 5.33. The number of nitrogens with one attached hydrogen (secondary N) is 1. The zero-order valence-corrected chi connectivity index (χ0v) is 10.5. The standard InChI is InChI=1S/C13H14ClNS/c14-13-7-6-12(16-13)10-15-9-8-11-4-2-1-3-5-11/h1-7,15H,8-10H2. The van der Waals surface area contributed by atoms with Gasteiger partial charge in [-0.1, -0.05) is 41.9 Å². The van der Waals surface area contributed by atoms with Crippen LogP contribution in [0.15, 0.2) is 42.5 Å². The molecule has 1 aromatic heterocycles. The van der Waals surface area contributed by atoms with E-state index < -0.39 is 0 Å². The smallest absolute Gasteiger partial charge is 0.0931 e. The SMILES string of the molecule is Clc1ccc(CNCCc2ccccc2)s1. The van der Waals surface area contributed by atoms with Gasteiger partial charge in [-0.2, -0.15) is 0 Å². The Balaban J connectivity index is 1.69. The summed E-state index contributed by atoms with van der Waals surface area (Å²) >= 11 is 7.50. The van der Waals surface area contributed by atoms with Crippen LogP contribution in [0.2, 0.25) is 4.34 Å². The van der Waals surface area contributed by atoms with Crippen molar-refractivity contribution >= 4 is 22.9 Å². The molecule has 0 aliphatic rings. The number of halogens is 1. The van der Waals surface area contributed by atoms with Crippen LogP contribution in [0.1, 0.15) is 10.4 Å². The van der Waals surface area contributed by atoms with Crippen molar-refractivity contribution in [2.45, 2.75) is 13.0 Å². The maximum absolute atomic E-state index is 5.86. The lowest BCUT2D eigenvalue weighted by molar-refractivity contribution is 0.693. The van der Waals surface area contributed by atoms with Gasteiger partial charge >= 0.3 is 0 Å². The predicted molar refractivity (Wildman–Crippen MR) is 71.2 cm³/mol. The Morgan fingerprint density at radius 2 is 1.88 bits per heavy atom. The summed E-state index contributed by atoms with van der Waals surface area (Å²) in [5.74, 6) is 0. The van der Waals surface area contributed by atoms with Crippen molar-refractivity contribution in [3.63, 3.8) is 0 Å². The van der Waals surface area contributed by atoms with Crippen molar-refractivity contribution in [3.8, 4) is 0 Å². The van der Waals surface area contributed by atoms with Gasteiger partial charge in [0.15, 0.2) is 0 Å². The molecule has 3 heteroatoms. The number of rotatable bonds is 5. The Morgan fingerprint density at radius 1 is 1.06 bits per heavy atom. The molecule has 1 nitrogen and oxygen atoms in total. The molecular formula is C13H14ClNS. The van der Waals surface area contributed by atoms with Gasteiger partial charge in [0.2, 0.25) is 0 Å². The summed E-state index contributed by atoms with van der Waals surface area (Å²) < 4.78 is 0.861. The summed E-state index contributed by atoms with van der Waals surface area (Å²) in [6.45, 7) is 1.91. The van der Waals surface area contributed by atoms with E-state index >= 15 is 0 Å². The summed E-state index contributed by atoms with van der Waals surface area (Å²) in [4.78, 5) is 1.29. The normalized spacial score (nSPS) is 10.6. The van der Waals surface area contributed by atoms with Gasteiger partial charge in [-0.3, -0.25) is 0 Å². The van der Waals surface area contributed by atoms with E-state index in [-0.39, 0.29) is 0 Å². The first-order chi connectivity index (χ1) is 7.84. The summed E-state index contributed by atoms with van der Waals surface area (Å²) in [6.07, 6.45) is 1.07. The zero-order valence-electron chi connectivity index (χ0n) is 8.95. The molecular weight excluding hydrogens is 238 g/mol. The molecule has 0 saturated carbocycles. The minimum Gasteiger partial charge on any atom is -0.312 e. The number of thiophene rings is 1. The quantitative estimate of drug-likeness (QED) is 0.799. The molecule has 2 aromatic rings. The fourth-order valence-corrected chi connectivity index (χ4v) is 2.59. The van der Waals surface area contributed by atoms with Gasteiger partial charge in [0.05, 0.1) is 4.34 Å². The first-order valence-corrected chi connectivity index (χ1v) is 6.53. The van der Waals surface area contributed by atoms with Crippen LogP contribution in [0.4, 0.5) is 0 Å². The van der Waals surface area contributed by atoms with E-state index in [0.717, 1.165) is 23.8 Å². The van der Waals surface area contributed by atoms with Crippen LogP contribution in [-0.4, -0.2) is 6.54 Å². The molecule has 16 heavy (non-hydrogen) atoms. The Hall–Kier alpha value is -0.830. The number of hydrogen-bond donors (Lipinski definition) is 1. The van der Waals surface area contributed by atoms with Crippen LogP contribution in [-0.2, 0) is 13.0 Å². The molecule has 2 rings (SSSR count). The first kappa shape index (κ1) is 11.6. The van der Waals surface area contributed by atoms with Crippen LogP contribution >= 0.6 is 22.9 Å². The molecule has 0 fully saturated rings. The Bertz CT molecular complexity index is 425. The van der Waals surface area contributed by atoms with E-state index in [1.54, 1.807) is 11.3 Å². The number of hydrogen-bond acceptors (Lipinski definition) is 2. The molecule has 1 aromatic carbocycles. The van der Waals surface area contributed by atoms with E-state index in [0.29, 0.717) is 0 Å². The molecule has 0 atom stereocenters. The van der Waals surface area contributed by atoms with Gasteiger partial charge < -0.3 is 5.32 Å². The molecule has 0 radical (unpaired) electrons. The van der Waals surface area contributed by atoms with Crippen molar-refractivity contribution in [1.29, 1.82) is 0 Å². The lowest BCUT2D eigenvalue weighted by atomic mass is 10.1. The average molecular weight is 252 g/mol. The molecule has 0 unspecified atom stereocenters. The highest BCUT2D eigenvalue weighted by Gasteiger charge is 1.97. The second kappa shape index (κ2) is 6.04. The van der Waals surface area contributed by atoms with Crippen LogP contribution < -0.4 is 5.32 Å². The Labute approximate surface area is 105 Å². The average Bonchev–Trinajstić information content (AvgIpc) is 2.72. The largest absolute Gasteiger partial charge is 0.312 e. The van der Waals surface area contributed by atoms with Gasteiger partial charge in [-0.25, -0.2) is 0 Å². The predicted octanol–water partition coefficient (Wildman–Crippen LogP) is 3.73. The summed E-state index contributed by atoms with van der Waals surface area (Å²) in [5.41, 5.74) is 1.37. The Kier molecular flexibility index (Phi) is 4.40. The highest BCUT2D eigenvalue weighted by molar-refractivity contribution is 7.16. The van der Waals surface area contributed by atoms with Crippen molar-refractivity contribution in [2.75, 3.05) is 6.54 Å². The van der Waals surface area contributed by atoms with Gasteiger partial charge in [0.25, 0.3) is 0 Å². The van der Waals surface area contributed by atoms with E-state index in [1.807, 2.05) is 12.1 Å². The van der Waals surface area contributed by atoms with E-state index in [4.69, 9.17) is 11.6 Å². The monoisotopic (exact) mass is 251 g/mol. The van der Waals surface area contributed by atoms with E-state index in [9.17, 15) is 0 Å². The molecule has 0 aliphatic heterocycles. The molecule has 0 spiro atoms. The van der Waals surface area contributed by atoms with Crippen LogP contribution in [0.5, 0.6) is 0 Å². The fraction of sp³-hybridized carbons (Fsp3) is 0.231. The lowest BCUT2D eigenvalue weighted by Crippen LogP contribution is -2.15. The van der Waals surface area contributed by atoms with Crippen LogP contribution in [0, 0.1) is 0 Å². The zero-order chi connectivity index (χ0) is 11.2. The minimum absolute atomic E-state index is 0.861. The van der Waals surface area contributed by atoms with Gasteiger partial charge in [-0.05, 0) is 30.7 Å². The van der Waals surface area contributed by atoms with Crippen molar-refractivity contribution in [3.05, 3.63) is 57.2 Å². The number of benzene rings is 1. The second-order valence-electron chi connectivity index (χ2n) is 3.62. The Morgan fingerprint density at radius 3 is 2.56 bits per heavy atom. The van der Waals surface area contributed by atoms with Crippen molar-refractivity contribution in [1.82, 2.24) is 5.32 Å². The van der Waals surface area contributed by atoms with Gasteiger partial charge in [0.1, 0.15) is 0 Å². The summed E-state index contributed by atoms with van der Waals surface area (Å²) in [7, 11) is 0. The molecule has 0 bridgehead atoms. The minimum atomic E-state index is 0.861. The maximum Gasteiger partial charge on any atom is 0.0931 e. The molecule has 1 N–H and O–H groups in total. The van der Waals surface area contributed by atoms with Crippen LogP contribution in [0.25, 0.3) is 0 Å². The highest BCUT2D eigenvalue weighted by Crippen LogP contribution is 2.20. The topological polar surface area (TPSA) is 12.0 Å². The second-order valence-corrected chi connectivity index (χ2v) is 5.42. The van der Waals surface area contributed by atoms with Crippen LogP contribution in [0.3, 0.4) is 0 Å². The summed E-state index contributed by atoms with van der Waals surface area (Å²) in [6, 6.07) is 14.5. The van der Waals surface area contributed by atoms with Crippen molar-refractivity contribution < 1.29 is 0 Å². The van der Waals surface area contributed by atoms with E-state index in [1.165, 1.54) is 10.4 Å². The van der Waals surface area contributed by atoms with Gasteiger partial charge in [0, 0.05) is 11.4 Å².